The zero-order chi connectivity index (χ0) is 20.5. The van der Waals surface area contributed by atoms with Crippen LogP contribution in [-0.4, -0.2) is 70.3 Å². The zero-order valence-electron chi connectivity index (χ0n) is 17.0. The van der Waals surface area contributed by atoms with E-state index in [1.165, 1.54) is 6.20 Å². The minimum Gasteiger partial charge on any atom is -0.466 e. The first-order chi connectivity index (χ1) is 13.5. The van der Waals surface area contributed by atoms with Crippen molar-refractivity contribution in [2.75, 3.05) is 32.8 Å². The molecular formula is C20H30N4O4. The number of piperidine rings is 1. The van der Waals surface area contributed by atoms with Crippen LogP contribution in [0.4, 0.5) is 0 Å². The smallest absolute Gasteiger partial charge is 0.309 e. The molecule has 2 heterocycles. The number of amides is 2. The molecule has 1 aromatic heterocycles. The summed E-state index contributed by atoms with van der Waals surface area (Å²) in [5.41, 5.74) is 1.04. The van der Waals surface area contributed by atoms with Crippen LogP contribution in [0.1, 0.15) is 55.7 Å². The van der Waals surface area contributed by atoms with Crippen LogP contribution < -0.4 is 0 Å². The second kappa shape index (κ2) is 10.7. The van der Waals surface area contributed by atoms with Gasteiger partial charge in [0.15, 0.2) is 0 Å². The maximum Gasteiger partial charge on any atom is 0.309 e. The Kier molecular flexibility index (Phi) is 8.35. The molecule has 0 saturated carbocycles. The van der Waals surface area contributed by atoms with Crippen LogP contribution in [0.2, 0.25) is 0 Å². The van der Waals surface area contributed by atoms with Crippen molar-refractivity contribution in [2.24, 2.45) is 5.92 Å². The third-order valence-electron chi connectivity index (χ3n) is 4.84. The SMILES string of the molecule is CCCN(CCC(=O)N1CCC(C(=O)OCC)CC1)C(=O)c1cnc(C)cn1. The maximum absolute atomic E-state index is 12.7. The topological polar surface area (TPSA) is 92.7 Å². The zero-order valence-corrected chi connectivity index (χ0v) is 17.0. The van der Waals surface area contributed by atoms with Gasteiger partial charge in [-0.25, -0.2) is 4.98 Å². The van der Waals surface area contributed by atoms with E-state index in [2.05, 4.69) is 9.97 Å². The van der Waals surface area contributed by atoms with Gasteiger partial charge >= 0.3 is 5.97 Å². The molecule has 8 nitrogen and oxygen atoms in total. The summed E-state index contributed by atoms with van der Waals surface area (Å²) in [5.74, 6) is -0.495. The Morgan fingerprint density at radius 1 is 1.14 bits per heavy atom. The van der Waals surface area contributed by atoms with E-state index >= 15 is 0 Å². The first kappa shape index (κ1) is 21.8. The van der Waals surface area contributed by atoms with Crippen LogP contribution in [0.25, 0.3) is 0 Å². The van der Waals surface area contributed by atoms with E-state index in [0.29, 0.717) is 51.3 Å². The van der Waals surface area contributed by atoms with Gasteiger partial charge in [0.2, 0.25) is 5.91 Å². The van der Waals surface area contributed by atoms with Crippen LogP contribution in [-0.2, 0) is 14.3 Å². The summed E-state index contributed by atoms with van der Waals surface area (Å²) in [7, 11) is 0. The van der Waals surface area contributed by atoms with Gasteiger partial charge in [0.25, 0.3) is 5.91 Å². The number of aromatic nitrogens is 2. The Hall–Kier alpha value is -2.51. The predicted molar refractivity (Wildman–Crippen MR) is 104 cm³/mol. The molecule has 0 atom stereocenters. The van der Waals surface area contributed by atoms with Crippen molar-refractivity contribution < 1.29 is 19.1 Å². The molecule has 0 unspecified atom stereocenters. The molecule has 1 saturated heterocycles. The summed E-state index contributed by atoms with van der Waals surface area (Å²) in [5, 5.41) is 0. The van der Waals surface area contributed by atoms with Crippen LogP contribution in [0, 0.1) is 12.8 Å². The number of hydrogen-bond acceptors (Lipinski definition) is 6. The summed E-state index contributed by atoms with van der Waals surface area (Å²) in [6.45, 7) is 7.98. The number of rotatable bonds is 8. The van der Waals surface area contributed by atoms with Gasteiger partial charge in [-0.1, -0.05) is 6.92 Å². The van der Waals surface area contributed by atoms with Crippen LogP contribution >= 0.6 is 0 Å². The van der Waals surface area contributed by atoms with E-state index in [4.69, 9.17) is 4.74 Å². The highest BCUT2D eigenvalue weighted by Gasteiger charge is 2.28. The van der Waals surface area contributed by atoms with E-state index in [0.717, 1.165) is 12.1 Å². The first-order valence-corrected chi connectivity index (χ1v) is 9.98. The van der Waals surface area contributed by atoms with Gasteiger partial charge in [0, 0.05) is 38.8 Å². The lowest BCUT2D eigenvalue weighted by Crippen LogP contribution is -2.42. The molecular weight excluding hydrogens is 360 g/mol. The summed E-state index contributed by atoms with van der Waals surface area (Å²) in [6, 6.07) is 0. The van der Waals surface area contributed by atoms with E-state index in [1.807, 2.05) is 13.8 Å². The molecule has 2 rings (SSSR count). The lowest BCUT2D eigenvalue weighted by molar-refractivity contribution is -0.151. The third kappa shape index (κ3) is 6.00. The molecule has 1 aliphatic heterocycles. The van der Waals surface area contributed by atoms with Gasteiger partial charge in [0.1, 0.15) is 5.69 Å². The summed E-state index contributed by atoms with van der Waals surface area (Å²) >= 11 is 0. The average molecular weight is 390 g/mol. The Morgan fingerprint density at radius 3 is 2.43 bits per heavy atom. The molecule has 154 valence electrons. The van der Waals surface area contributed by atoms with Gasteiger partial charge in [-0.2, -0.15) is 0 Å². The first-order valence-electron chi connectivity index (χ1n) is 9.98. The average Bonchev–Trinajstić information content (AvgIpc) is 2.71. The highest BCUT2D eigenvalue weighted by molar-refractivity contribution is 5.92. The van der Waals surface area contributed by atoms with Gasteiger partial charge in [0.05, 0.1) is 24.4 Å². The fraction of sp³-hybridized carbons (Fsp3) is 0.650. The number of likely N-dealkylation sites (tertiary alicyclic amines) is 1. The van der Waals surface area contributed by atoms with E-state index < -0.39 is 0 Å². The minimum absolute atomic E-state index is 0.00574. The second-order valence-corrected chi connectivity index (χ2v) is 6.99. The quantitative estimate of drug-likeness (QED) is 0.629. The Bertz CT molecular complexity index is 669. The molecule has 0 N–H and O–H groups in total. The Morgan fingerprint density at radius 2 is 1.86 bits per heavy atom. The van der Waals surface area contributed by atoms with Gasteiger partial charge in [-0.15, -0.1) is 0 Å². The molecule has 0 aromatic carbocycles. The molecule has 0 spiro atoms. The normalized spacial score (nSPS) is 14.6. The van der Waals surface area contributed by atoms with Gasteiger partial charge < -0.3 is 14.5 Å². The summed E-state index contributed by atoms with van der Waals surface area (Å²) in [6.07, 6.45) is 5.35. The predicted octanol–water partition coefficient (Wildman–Crippen LogP) is 1.83. The van der Waals surface area contributed by atoms with E-state index in [9.17, 15) is 14.4 Å². The van der Waals surface area contributed by atoms with Crippen molar-refractivity contribution >= 4 is 17.8 Å². The van der Waals surface area contributed by atoms with Gasteiger partial charge in [-0.3, -0.25) is 19.4 Å². The highest BCUT2D eigenvalue weighted by atomic mass is 16.5. The van der Waals surface area contributed by atoms with E-state index in [-0.39, 0.29) is 30.1 Å². The lowest BCUT2D eigenvalue weighted by Gasteiger charge is -2.31. The van der Waals surface area contributed by atoms with Crippen molar-refractivity contribution in [3.63, 3.8) is 0 Å². The molecule has 1 aromatic rings. The third-order valence-corrected chi connectivity index (χ3v) is 4.84. The molecule has 0 aliphatic carbocycles. The Labute approximate surface area is 166 Å². The fourth-order valence-corrected chi connectivity index (χ4v) is 3.26. The van der Waals surface area contributed by atoms with Crippen molar-refractivity contribution in [1.82, 2.24) is 19.8 Å². The molecule has 1 fully saturated rings. The van der Waals surface area contributed by atoms with Crippen LogP contribution in [0.15, 0.2) is 12.4 Å². The van der Waals surface area contributed by atoms with Crippen molar-refractivity contribution in [1.29, 1.82) is 0 Å². The van der Waals surface area contributed by atoms with Crippen LogP contribution in [0.3, 0.4) is 0 Å². The number of hydrogen-bond donors (Lipinski definition) is 0. The number of nitrogens with zero attached hydrogens (tertiary/aromatic N) is 4. The molecule has 8 heteroatoms. The van der Waals surface area contributed by atoms with Crippen molar-refractivity contribution in [3.05, 3.63) is 23.8 Å². The molecule has 0 radical (unpaired) electrons. The molecule has 0 bridgehead atoms. The number of carbonyl (C=O) groups is 3. The Balaban J connectivity index is 1.86. The number of esters is 1. The largest absolute Gasteiger partial charge is 0.466 e. The standard InChI is InChI=1S/C20H30N4O4/c1-4-9-24(19(26)17-14-21-15(3)13-22-17)12-8-18(25)23-10-6-16(7-11-23)20(27)28-5-2/h13-14,16H,4-12H2,1-3H3. The molecule has 28 heavy (non-hydrogen) atoms. The highest BCUT2D eigenvalue weighted by Crippen LogP contribution is 2.19. The minimum atomic E-state index is -0.205. The van der Waals surface area contributed by atoms with E-state index in [1.54, 1.807) is 22.9 Å². The lowest BCUT2D eigenvalue weighted by atomic mass is 9.97. The number of aryl methyl sites for hydroxylation is 1. The fourth-order valence-electron chi connectivity index (χ4n) is 3.26. The summed E-state index contributed by atoms with van der Waals surface area (Å²) < 4.78 is 5.06. The number of ether oxygens (including phenoxy) is 1. The van der Waals surface area contributed by atoms with Crippen molar-refractivity contribution in [3.8, 4) is 0 Å². The van der Waals surface area contributed by atoms with Gasteiger partial charge in [-0.05, 0) is 33.1 Å². The summed E-state index contributed by atoms with van der Waals surface area (Å²) in [4.78, 5) is 48.7. The molecule has 2 amide bonds. The number of carbonyl (C=O) groups excluding carboxylic acids is 3. The monoisotopic (exact) mass is 390 g/mol. The second-order valence-electron chi connectivity index (χ2n) is 6.99. The molecule has 1 aliphatic rings. The van der Waals surface area contributed by atoms with Crippen LogP contribution in [0.5, 0.6) is 0 Å². The van der Waals surface area contributed by atoms with Crippen molar-refractivity contribution in [2.45, 2.75) is 46.5 Å². The maximum atomic E-state index is 12.7.